The van der Waals surface area contributed by atoms with Gasteiger partial charge in [0.05, 0.1) is 24.1 Å². The molecule has 34 heavy (non-hydrogen) atoms. The molecule has 0 atom stereocenters. The third kappa shape index (κ3) is 5.58. The second kappa shape index (κ2) is 10.0. The zero-order valence-electron chi connectivity index (χ0n) is 19.6. The van der Waals surface area contributed by atoms with Crippen molar-refractivity contribution in [2.75, 3.05) is 6.54 Å². The van der Waals surface area contributed by atoms with Crippen LogP contribution in [-0.4, -0.2) is 27.9 Å². The highest BCUT2D eigenvalue weighted by atomic mass is 19.1. The summed E-state index contributed by atoms with van der Waals surface area (Å²) in [4.78, 5) is 12.1. The van der Waals surface area contributed by atoms with Gasteiger partial charge >= 0.3 is 5.97 Å². The molecule has 0 aliphatic carbocycles. The molecular formula is C28H28FN3O2. The van der Waals surface area contributed by atoms with E-state index < -0.39 is 5.60 Å². The first-order valence-corrected chi connectivity index (χ1v) is 11.2. The number of nitrogens with one attached hydrogen (secondary N) is 1. The largest absolute Gasteiger partial charge is 0.459 e. The van der Waals surface area contributed by atoms with Crippen LogP contribution in [0, 0.1) is 5.82 Å². The summed E-state index contributed by atoms with van der Waals surface area (Å²) >= 11 is 0. The monoisotopic (exact) mass is 457 g/mol. The van der Waals surface area contributed by atoms with Crippen molar-refractivity contribution in [2.24, 2.45) is 0 Å². The van der Waals surface area contributed by atoms with Gasteiger partial charge in [0.25, 0.3) is 0 Å². The zero-order chi connectivity index (χ0) is 24.1. The Morgan fingerprint density at radius 1 is 0.941 bits per heavy atom. The fourth-order valence-corrected chi connectivity index (χ4v) is 3.75. The van der Waals surface area contributed by atoms with E-state index in [0.717, 1.165) is 22.4 Å². The van der Waals surface area contributed by atoms with Crippen LogP contribution in [0.5, 0.6) is 0 Å². The first-order chi connectivity index (χ1) is 16.3. The molecule has 0 aliphatic heterocycles. The highest BCUT2D eigenvalue weighted by Gasteiger charge is 2.19. The van der Waals surface area contributed by atoms with Gasteiger partial charge in [-0.25, -0.2) is 9.07 Å². The van der Waals surface area contributed by atoms with Crippen molar-refractivity contribution in [2.45, 2.75) is 32.9 Å². The number of carbonyl (C=O) groups is 1. The smallest absolute Gasteiger partial charge is 0.320 e. The summed E-state index contributed by atoms with van der Waals surface area (Å²) in [5.41, 5.74) is 4.34. The number of rotatable bonds is 7. The van der Waals surface area contributed by atoms with Gasteiger partial charge in [-0.2, -0.15) is 5.10 Å². The van der Waals surface area contributed by atoms with Crippen molar-refractivity contribution < 1.29 is 13.9 Å². The van der Waals surface area contributed by atoms with E-state index >= 15 is 0 Å². The number of carbonyl (C=O) groups excluding carboxylic acids is 1. The standard InChI is InChI=1S/C28H28FN3O2/c1-28(2,3)34-26(33)19-30-17-22-18-31-32(27(22)24-11-7-8-12-25(24)29)23-15-13-21(14-16-23)20-9-5-4-6-10-20/h4-16,18,30H,17,19H2,1-3H3. The Hall–Kier alpha value is -3.77. The average molecular weight is 458 g/mol. The molecule has 4 rings (SSSR count). The fourth-order valence-electron chi connectivity index (χ4n) is 3.75. The van der Waals surface area contributed by atoms with Gasteiger partial charge in [0.2, 0.25) is 0 Å². The van der Waals surface area contributed by atoms with Gasteiger partial charge < -0.3 is 10.1 Å². The molecule has 0 aliphatic rings. The SMILES string of the molecule is CC(C)(C)OC(=O)CNCc1cnn(-c2ccc(-c3ccccc3)cc2)c1-c1ccccc1F. The molecule has 6 heteroatoms. The molecular weight excluding hydrogens is 429 g/mol. The molecule has 1 aromatic heterocycles. The van der Waals surface area contributed by atoms with E-state index in [0.29, 0.717) is 17.8 Å². The normalized spacial score (nSPS) is 11.4. The Labute approximate surface area is 199 Å². The maximum absolute atomic E-state index is 14.8. The van der Waals surface area contributed by atoms with Crippen LogP contribution in [-0.2, 0) is 16.1 Å². The molecule has 0 bridgehead atoms. The van der Waals surface area contributed by atoms with Gasteiger partial charge in [-0.05, 0) is 56.2 Å². The number of benzene rings is 3. The van der Waals surface area contributed by atoms with Crippen molar-refractivity contribution in [3.05, 3.63) is 96.4 Å². The predicted octanol–water partition coefficient (Wildman–Crippen LogP) is 5.78. The Morgan fingerprint density at radius 2 is 1.59 bits per heavy atom. The summed E-state index contributed by atoms with van der Waals surface area (Å²) in [6.07, 6.45) is 1.70. The van der Waals surface area contributed by atoms with E-state index in [1.807, 2.05) is 63.2 Å². The van der Waals surface area contributed by atoms with Crippen LogP contribution < -0.4 is 5.32 Å². The first kappa shape index (κ1) is 23.4. The molecule has 4 aromatic rings. The van der Waals surface area contributed by atoms with Crippen molar-refractivity contribution in [1.29, 1.82) is 0 Å². The minimum Gasteiger partial charge on any atom is -0.459 e. The lowest BCUT2D eigenvalue weighted by Crippen LogP contribution is -2.31. The van der Waals surface area contributed by atoms with Crippen molar-refractivity contribution >= 4 is 5.97 Å². The van der Waals surface area contributed by atoms with E-state index in [4.69, 9.17) is 4.74 Å². The molecule has 0 saturated heterocycles. The summed E-state index contributed by atoms with van der Waals surface area (Å²) in [6.45, 7) is 5.87. The quantitative estimate of drug-likeness (QED) is 0.358. The predicted molar refractivity (Wildman–Crippen MR) is 132 cm³/mol. The van der Waals surface area contributed by atoms with Crippen LogP contribution in [0.25, 0.3) is 28.1 Å². The number of hydrogen-bond donors (Lipinski definition) is 1. The Balaban J connectivity index is 1.62. The van der Waals surface area contributed by atoms with Crippen molar-refractivity contribution in [3.63, 3.8) is 0 Å². The highest BCUT2D eigenvalue weighted by Crippen LogP contribution is 2.30. The molecule has 0 amide bonds. The second-order valence-electron chi connectivity index (χ2n) is 9.01. The van der Waals surface area contributed by atoms with Gasteiger partial charge in [-0.1, -0.05) is 54.6 Å². The number of halogens is 1. The third-order valence-corrected chi connectivity index (χ3v) is 5.20. The van der Waals surface area contributed by atoms with Crippen LogP contribution in [0.2, 0.25) is 0 Å². The van der Waals surface area contributed by atoms with Crippen LogP contribution in [0.1, 0.15) is 26.3 Å². The molecule has 0 unspecified atom stereocenters. The summed E-state index contributed by atoms with van der Waals surface area (Å²) in [7, 11) is 0. The first-order valence-electron chi connectivity index (χ1n) is 11.2. The van der Waals surface area contributed by atoms with E-state index in [9.17, 15) is 9.18 Å². The molecule has 0 saturated carbocycles. The molecule has 174 valence electrons. The van der Waals surface area contributed by atoms with E-state index in [1.165, 1.54) is 6.07 Å². The summed E-state index contributed by atoms with van der Waals surface area (Å²) in [5, 5.41) is 7.66. The van der Waals surface area contributed by atoms with Gasteiger partial charge in [0.1, 0.15) is 11.4 Å². The maximum atomic E-state index is 14.8. The fraction of sp³-hybridized carbons (Fsp3) is 0.214. The van der Waals surface area contributed by atoms with Crippen LogP contribution in [0.15, 0.2) is 85.1 Å². The topological polar surface area (TPSA) is 56.1 Å². The maximum Gasteiger partial charge on any atom is 0.320 e. The van der Waals surface area contributed by atoms with E-state index in [-0.39, 0.29) is 18.3 Å². The van der Waals surface area contributed by atoms with E-state index in [1.54, 1.807) is 29.1 Å². The van der Waals surface area contributed by atoms with E-state index in [2.05, 4.69) is 22.5 Å². The summed E-state index contributed by atoms with van der Waals surface area (Å²) < 4.78 is 21.9. The minimum absolute atomic E-state index is 0.0466. The number of hydrogen-bond acceptors (Lipinski definition) is 4. The van der Waals surface area contributed by atoms with Gasteiger partial charge in [0, 0.05) is 17.7 Å². The third-order valence-electron chi connectivity index (χ3n) is 5.20. The van der Waals surface area contributed by atoms with Crippen LogP contribution >= 0.6 is 0 Å². The van der Waals surface area contributed by atoms with Crippen LogP contribution in [0.3, 0.4) is 0 Å². The molecule has 1 N–H and O–H groups in total. The average Bonchev–Trinajstić information content (AvgIpc) is 3.22. The molecule has 0 fully saturated rings. The number of nitrogens with zero attached hydrogens (tertiary/aromatic N) is 2. The lowest BCUT2D eigenvalue weighted by Gasteiger charge is -2.19. The summed E-state index contributed by atoms with van der Waals surface area (Å²) in [5.74, 6) is -0.678. The molecule has 1 heterocycles. The lowest BCUT2D eigenvalue weighted by atomic mass is 10.0. The number of esters is 1. The molecule has 0 radical (unpaired) electrons. The second-order valence-corrected chi connectivity index (χ2v) is 9.01. The Bertz CT molecular complexity index is 1260. The summed E-state index contributed by atoms with van der Waals surface area (Å²) in [6, 6.07) is 24.7. The van der Waals surface area contributed by atoms with Crippen molar-refractivity contribution in [1.82, 2.24) is 15.1 Å². The van der Waals surface area contributed by atoms with Crippen molar-refractivity contribution in [3.8, 4) is 28.1 Å². The minimum atomic E-state index is -0.548. The Morgan fingerprint density at radius 3 is 2.26 bits per heavy atom. The molecule has 0 spiro atoms. The van der Waals surface area contributed by atoms with Gasteiger partial charge in [0.15, 0.2) is 0 Å². The van der Waals surface area contributed by atoms with Gasteiger partial charge in [-0.15, -0.1) is 0 Å². The Kier molecular flexibility index (Phi) is 6.89. The van der Waals surface area contributed by atoms with Gasteiger partial charge in [-0.3, -0.25) is 4.79 Å². The molecule has 3 aromatic carbocycles. The number of aromatic nitrogens is 2. The van der Waals surface area contributed by atoms with Crippen LogP contribution in [0.4, 0.5) is 4.39 Å². The zero-order valence-corrected chi connectivity index (χ0v) is 19.6. The molecule has 5 nitrogen and oxygen atoms in total. The lowest BCUT2D eigenvalue weighted by molar-refractivity contribution is -0.153. The highest BCUT2D eigenvalue weighted by molar-refractivity contribution is 5.72. The number of ether oxygens (including phenoxy) is 1.